The molecule has 2 heterocycles. The van der Waals surface area contributed by atoms with Gasteiger partial charge in [-0.25, -0.2) is 9.59 Å². The molecule has 2 saturated heterocycles. The smallest absolute Gasteiger partial charge is 0.411 e. The number of carbonyl (C=O) groups is 3. The van der Waals surface area contributed by atoms with E-state index in [-0.39, 0.29) is 36.5 Å². The zero-order chi connectivity index (χ0) is 32.9. The highest BCUT2D eigenvalue weighted by atomic mass is 32.2. The minimum Gasteiger partial charge on any atom is -0.487 e. The summed E-state index contributed by atoms with van der Waals surface area (Å²) in [7, 11) is 0. The maximum atomic E-state index is 13.0. The highest BCUT2D eigenvalue weighted by Gasteiger charge is 2.42. The highest BCUT2D eigenvalue weighted by molar-refractivity contribution is 8.00. The van der Waals surface area contributed by atoms with E-state index in [4.69, 9.17) is 9.47 Å². The number of urea groups is 1. The Hall–Kier alpha value is -4.96. The van der Waals surface area contributed by atoms with Gasteiger partial charge in [0.05, 0.1) is 17.8 Å². The second-order valence-corrected chi connectivity index (χ2v) is 13.6. The number of benzene rings is 4. The molecule has 0 saturated carbocycles. The number of unbranched alkanes of at least 4 members (excludes halogenated alkanes) is 1. The van der Waals surface area contributed by atoms with Crippen LogP contribution in [0, 0.1) is 0 Å². The van der Waals surface area contributed by atoms with Crippen molar-refractivity contribution in [1.82, 2.24) is 10.6 Å². The number of nitrogens with one attached hydrogen (secondary N) is 4. The highest BCUT2D eigenvalue weighted by Crippen LogP contribution is 2.44. The second-order valence-electron chi connectivity index (χ2n) is 12.4. The molecule has 0 bridgehead atoms. The number of hydrogen-bond acceptors (Lipinski definition) is 6. The van der Waals surface area contributed by atoms with Crippen molar-refractivity contribution in [2.75, 3.05) is 23.0 Å². The largest absolute Gasteiger partial charge is 0.487 e. The van der Waals surface area contributed by atoms with Crippen molar-refractivity contribution in [1.29, 1.82) is 0 Å². The van der Waals surface area contributed by atoms with Crippen LogP contribution in [0.4, 0.5) is 21.0 Å². The van der Waals surface area contributed by atoms with E-state index in [1.807, 2.05) is 66.4 Å². The zero-order valence-electron chi connectivity index (χ0n) is 26.4. The van der Waals surface area contributed by atoms with Gasteiger partial charge in [0.15, 0.2) is 0 Å². The first kappa shape index (κ1) is 31.6. The van der Waals surface area contributed by atoms with Crippen molar-refractivity contribution >= 4 is 41.2 Å². The third-order valence-corrected chi connectivity index (χ3v) is 10.7. The Balaban J connectivity index is 0.958. The topological polar surface area (TPSA) is 118 Å². The minimum atomic E-state index is -0.567. The standard InChI is InChI=1S/C38H38N4O5S/c43-35(17-9-8-16-34-36-32(23-48-34)41-37(44)42-36)40-31-19-18-25(20-33(31)46-21-24-10-2-1-3-11-24)39-38(45)47-22-30-28-14-6-4-12-26(28)27-13-5-7-15-29(27)30/h1-7,10-15,18-20,30,32,34,36H,8-9,16-17,21-23H2,(H,39,45)(H,40,43)(H2,41,42,44). The molecular formula is C38H38N4O5S. The summed E-state index contributed by atoms with van der Waals surface area (Å²) in [6.45, 7) is 0.502. The van der Waals surface area contributed by atoms with E-state index in [0.717, 1.165) is 41.7 Å². The summed E-state index contributed by atoms with van der Waals surface area (Å²) in [5.74, 6) is 1.22. The molecule has 48 heavy (non-hydrogen) atoms. The van der Waals surface area contributed by atoms with E-state index in [1.54, 1.807) is 18.2 Å². The summed E-state index contributed by atoms with van der Waals surface area (Å²) in [6, 6.07) is 31.7. The molecule has 0 spiro atoms. The number of ether oxygens (including phenoxy) is 2. The Bertz CT molecular complexity index is 1760. The fraction of sp³-hybridized carbons (Fsp3) is 0.289. The number of carbonyl (C=O) groups excluding carboxylic acids is 3. The van der Waals surface area contributed by atoms with Gasteiger partial charge in [-0.2, -0.15) is 11.8 Å². The number of hydrogen-bond donors (Lipinski definition) is 4. The van der Waals surface area contributed by atoms with Crippen LogP contribution in [0.1, 0.15) is 48.3 Å². The number of fused-ring (bicyclic) bond motifs is 4. The minimum absolute atomic E-state index is 0.0417. The molecule has 3 atom stereocenters. The summed E-state index contributed by atoms with van der Waals surface area (Å²) >= 11 is 1.88. The first-order valence-corrected chi connectivity index (χ1v) is 17.5. The molecule has 4 aromatic rings. The van der Waals surface area contributed by atoms with Gasteiger partial charge in [-0.1, -0.05) is 85.3 Å². The van der Waals surface area contributed by atoms with E-state index in [9.17, 15) is 14.4 Å². The van der Waals surface area contributed by atoms with Crippen LogP contribution in [0.3, 0.4) is 0 Å². The average Bonchev–Trinajstić information content (AvgIpc) is 3.76. The lowest BCUT2D eigenvalue weighted by molar-refractivity contribution is -0.116. The number of amides is 4. The summed E-state index contributed by atoms with van der Waals surface area (Å²) in [6.07, 6.45) is 2.38. The predicted octanol–water partition coefficient (Wildman–Crippen LogP) is 7.29. The molecule has 1 aliphatic carbocycles. The summed E-state index contributed by atoms with van der Waals surface area (Å²) in [4.78, 5) is 37.6. The monoisotopic (exact) mass is 662 g/mol. The molecule has 0 radical (unpaired) electrons. The van der Waals surface area contributed by atoms with Crippen LogP contribution in [0.2, 0.25) is 0 Å². The van der Waals surface area contributed by atoms with E-state index in [0.29, 0.717) is 35.4 Å². The van der Waals surface area contributed by atoms with E-state index in [1.165, 1.54) is 11.1 Å². The van der Waals surface area contributed by atoms with E-state index >= 15 is 0 Å². The lowest BCUT2D eigenvalue weighted by Crippen LogP contribution is -2.36. The fourth-order valence-electron chi connectivity index (χ4n) is 6.80. The Morgan fingerprint density at radius 2 is 1.56 bits per heavy atom. The van der Waals surface area contributed by atoms with Gasteiger partial charge in [0.2, 0.25) is 5.91 Å². The van der Waals surface area contributed by atoms with Gasteiger partial charge in [0, 0.05) is 35.1 Å². The number of rotatable bonds is 12. The van der Waals surface area contributed by atoms with Crippen molar-refractivity contribution in [3.8, 4) is 16.9 Å². The predicted molar refractivity (Wildman–Crippen MR) is 188 cm³/mol. The van der Waals surface area contributed by atoms with Crippen LogP contribution in [0.15, 0.2) is 97.1 Å². The Kier molecular flexibility index (Phi) is 9.51. The Morgan fingerprint density at radius 1 is 0.833 bits per heavy atom. The van der Waals surface area contributed by atoms with Gasteiger partial charge < -0.3 is 25.4 Å². The molecule has 2 fully saturated rings. The van der Waals surface area contributed by atoms with Crippen molar-refractivity contribution in [3.63, 3.8) is 0 Å². The normalized spacial score (nSPS) is 19.0. The average molecular weight is 663 g/mol. The molecule has 9 nitrogen and oxygen atoms in total. The van der Waals surface area contributed by atoms with Gasteiger partial charge in [0.25, 0.3) is 0 Å². The zero-order valence-corrected chi connectivity index (χ0v) is 27.3. The molecule has 4 N–H and O–H groups in total. The Labute approximate surface area is 284 Å². The fourth-order valence-corrected chi connectivity index (χ4v) is 8.34. The summed E-state index contributed by atoms with van der Waals surface area (Å²) < 4.78 is 11.9. The van der Waals surface area contributed by atoms with E-state index in [2.05, 4.69) is 45.5 Å². The first-order valence-electron chi connectivity index (χ1n) is 16.4. The molecule has 7 rings (SSSR count). The molecule has 3 unspecified atom stereocenters. The first-order chi connectivity index (χ1) is 23.5. The van der Waals surface area contributed by atoms with Crippen molar-refractivity contribution in [2.24, 2.45) is 0 Å². The summed E-state index contributed by atoms with van der Waals surface area (Å²) in [5, 5.41) is 12.2. The van der Waals surface area contributed by atoms with Crippen LogP contribution in [-0.4, -0.2) is 47.7 Å². The van der Waals surface area contributed by atoms with Crippen molar-refractivity contribution in [3.05, 3.63) is 114 Å². The third kappa shape index (κ3) is 7.13. The molecule has 0 aromatic heterocycles. The van der Waals surface area contributed by atoms with Crippen LogP contribution in [-0.2, 0) is 16.1 Å². The molecule has 4 aromatic carbocycles. The van der Waals surface area contributed by atoms with Crippen LogP contribution >= 0.6 is 11.8 Å². The van der Waals surface area contributed by atoms with Crippen LogP contribution in [0.25, 0.3) is 11.1 Å². The maximum Gasteiger partial charge on any atom is 0.411 e. The quantitative estimate of drug-likeness (QED) is 0.0935. The lowest BCUT2D eigenvalue weighted by Gasteiger charge is -2.17. The molecule has 10 heteroatoms. The van der Waals surface area contributed by atoms with Gasteiger partial charge in [-0.3, -0.25) is 10.1 Å². The SMILES string of the molecule is O=C(CCCCC1SCC2NC(=O)NC21)Nc1ccc(NC(=O)OCC2c3ccccc3-c3ccccc32)cc1OCc1ccccc1. The van der Waals surface area contributed by atoms with Crippen LogP contribution in [0.5, 0.6) is 5.75 Å². The van der Waals surface area contributed by atoms with Crippen molar-refractivity contribution < 1.29 is 23.9 Å². The van der Waals surface area contributed by atoms with E-state index < -0.39 is 6.09 Å². The maximum absolute atomic E-state index is 13.0. The van der Waals surface area contributed by atoms with Gasteiger partial charge in [-0.15, -0.1) is 0 Å². The molecule has 4 amide bonds. The molecule has 3 aliphatic rings. The second kappa shape index (κ2) is 14.4. The third-order valence-electron chi connectivity index (χ3n) is 9.16. The van der Waals surface area contributed by atoms with Gasteiger partial charge in [0.1, 0.15) is 19.0 Å². The number of thioether (sulfide) groups is 1. The molecule has 246 valence electrons. The van der Waals surface area contributed by atoms with Gasteiger partial charge >= 0.3 is 12.1 Å². The lowest BCUT2D eigenvalue weighted by atomic mass is 9.98. The van der Waals surface area contributed by atoms with Crippen molar-refractivity contribution in [2.45, 2.75) is 55.5 Å². The van der Waals surface area contributed by atoms with Gasteiger partial charge in [-0.05, 0) is 52.8 Å². The number of anilines is 2. The molecular weight excluding hydrogens is 625 g/mol. The summed E-state index contributed by atoms with van der Waals surface area (Å²) in [5.41, 5.74) is 6.63. The Morgan fingerprint density at radius 3 is 2.33 bits per heavy atom. The van der Waals surface area contributed by atoms with Crippen LogP contribution < -0.4 is 26.0 Å². The molecule has 2 aliphatic heterocycles.